The number of benzene rings is 2. The molecule has 1 saturated heterocycles. The third-order valence-electron chi connectivity index (χ3n) is 4.38. The predicted octanol–water partition coefficient (Wildman–Crippen LogP) is 2.20. The molecule has 20 heavy (non-hydrogen) atoms. The number of esters is 1. The lowest BCUT2D eigenvalue weighted by Gasteiger charge is -2.32. The van der Waals surface area contributed by atoms with E-state index in [9.17, 15) is 4.79 Å². The van der Waals surface area contributed by atoms with Crippen molar-refractivity contribution in [3.8, 4) is 0 Å². The molecule has 3 rings (SSSR count). The van der Waals surface area contributed by atoms with Crippen LogP contribution in [0.3, 0.4) is 0 Å². The fraction of sp³-hybridized carbons (Fsp3) is 0.235. The van der Waals surface area contributed by atoms with E-state index >= 15 is 0 Å². The zero-order valence-corrected chi connectivity index (χ0v) is 12.6. The molecular formula is C17H18O2Si. The molecule has 0 aromatic heterocycles. The van der Waals surface area contributed by atoms with Crippen molar-refractivity contribution in [3.05, 3.63) is 60.7 Å². The number of hydrogen-bond acceptors (Lipinski definition) is 2. The molecule has 2 nitrogen and oxygen atoms in total. The zero-order valence-electron chi connectivity index (χ0n) is 11.6. The second-order valence-corrected chi connectivity index (χ2v) is 9.70. The molecule has 1 unspecified atom stereocenters. The Labute approximate surface area is 120 Å². The minimum absolute atomic E-state index is 0.0206. The molecule has 1 aliphatic heterocycles. The molecule has 102 valence electrons. The summed E-state index contributed by atoms with van der Waals surface area (Å²) in [6.07, 6.45) is 0.839. The number of carbonyl (C=O) groups excluding carboxylic acids is 1. The van der Waals surface area contributed by atoms with Crippen molar-refractivity contribution in [2.24, 2.45) is 0 Å². The van der Waals surface area contributed by atoms with Gasteiger partial charge in [0.25, 0.3) is 0 Å². The van der Waals surface area contributed by atoms with Gasteiger partial charge in [0.1, 0.15) is 8.07 Å². The van der Waals surface area contributed by atoms with Gasteiger partial charge in [0.2, 0.25) is 0 Å². The summed E-state index contributed by atoms with van der Waals surface area (Å²) < 4.78 is 5.25. The first kappa shape index (κ1) is 13.1. The van der Waals surface area contributed by atoms with Crippen molar-refractivity contribution < 1.29 is 9.53 Å². The molecule has 0 spiro atoms. The third-order valence-corrected chi connectivity index (χ3v) is 9.36. The Kier molecular flexibility index (Phi) is 3.45. The average molecular weight is 282 g/mol. The van der Waals surface area contributed by atoms with E-state index in [1.165, 1.54) is 10.4 Å². The van der Waals surface area contributed by atoms with Gasteiger partial charge >= 0.3 is 5.97 Å². The molecule has 2 aromatic rings. The van der Waals surface area contributed by atoms with E-state index < -0.39 is 8.07 Å². The lowest BCUT2D eigenvalue weighted by atomic mass is 10.3. The van der Waals surface area contributed by atoms with Gasteiger partial charge in [0.05, 0.1) is 12.1 Å². The molecular weight excluding hydrogens is 264 g/mol. The Morgan fingerprint density at radius 3 is 1.85 bits per heavy atom. The fourth-order valence-electron chi connectivity index (χ4n) is 3.16. The van der Waals surface area contributed by atoms with Gasteiger partial charge < -0.3 is 4.74 Å². The Hall–Kier alpha value is -1.87. The second kappa shape index (κ2) is 5.25. The second-order valence-electron chi connectivity index (χ2n) is 5.44. The number of rotatable bonds is 3. The van der Waals surface area contributed by atoms with Gasteiger partial charge in [-0.1, -0.05) is 77.6 Å². The molecule has 0 bridgehead atoms. The molecule has 1 atom stereocenters. The summed E-state index contributed by atoms with van der Waals surface area (Å²) in [6.45, 7) is 2.85. The highest BCUT2D eigenvalue weighted by molar-refractivity contribution is 7.04. The first-order chi connectivity index (χ1) is 9.73. The minimum Gasteiger partial charge on any atom is -0.466 e. The van der Waals surface area contributed by atoms with Crippen LogP contribution in [-0.2, 0) is 9.53 Å². The molecule has 1 heterocycles. The van der Waals surface area contributed by atoms with Gasteiger partial charge in [-0.25, -0.2) is 0 Å². The normalized spacial score (nSPS) is 18.9. The standard InChI is InChI=1S/C17H18O2Si/c1-20(14-8-4-2-5-9-14,15-10-6-3-7-11-15)16-12-13-19-17(16)18/h2-11,16H,12-13H2,1H3. The summed E-state index contributed by atoms with van der Waals surface area (Å²) in [4.78, 5) is 12.2. The summed E-state index contributed by atoms with van der Waals surface area (Å²) in [6, 6.07) is 20.9. The van der Waals surface area contributed by atoms with Crippen LogP contribution < -0.4 is 10.4 Å². The fourth-order valence-corrected chi connectivity index (χ4v) is 7.32. The summed E-state index contributed by atoms with van der Waals surface area (Å²) in [5.74, 6) is -0.0214. The summed E-state index contributed by atoms with van der Waals surface area (Å²) in [5, 5.41) is 2.60. The number of cyclic esters (lactones) is 1. The molecule has 1 aliphatic rings. The Morgan fingerprint density at radius 1 is 0.950 bits per heavy atom. The van der Waals surface area contributed by atoms with E-state index in [1.807, 2.05) is 12.1 Å². The van der Waals surface area contributed by atoms with Gasteiger partial charge in [-0.3, -0.25) is 4.79 Å². The summed E-state index contributed by atoms with van der Waals surface area (Å²) in [7, 11) is -2.11. The van der Waals surface area contributed by atoms with Gasteiger partial charge in [-0.2, -0.15) is 0 Å². The summed E-state index contributed by atoms with van der Waals surface area (Å²) in [5.41, 5.74) is 0.0206. The van der Waals surface area contributed by atoms with Crippen LogP contribution in [0.25, 0.3) is 0 Å². The van der Waals surface area contributed by atoms with E-state index in [0.29, 0.717) is 6.61 Å². The van der Waals surface area contributed by atoms with Crippen LogP contribution in [0.4, 0.5) is 0 Å². The molecule has 0 aliphatic carbocycles. The first-order valence-corrected chi connectivity index (χ1v) is 9.58. The zero-order chi connectivity index (χ0) is 14.0. The number of ether oxygens (including phenoxy) is 1. The van der Waals surface area contributed by atoms with E-state index in [-0.39, 0.29) is 11.5 Å². The van der Waals surface area contributed by atoms with Gasteiger partial charge in [-0.15, -0.1) is 0 Å². The van der Waals surface area contributed by atoms with E-state index in [2.05, 4.69) is 55.1 Å². The van der Waals surface area contributed by atoms with Gasteiger partial charge in [-0.05, 0) is 6.42 Å². The Bertz CT molecular complexity index is 555. The Balaban J connectivity index is 2.15. The molecule has 0 N–H and O–H groups in total. The van der Waals surface area contributed by atoms with Crippen LogP contribution in [0.15, 0.2) is 60.7 Å². The maximum Gasteiger partial charge on any atom is 0.306 e. The molecule has 1 fully saturated rings. The highest BCUT2D eigenvalue weighted by Crippen LogP contribution is 2.31. The van der Waals surface area contributed by atoms with Crippen LogP contribution in [0, 0.1) is 0 Å². The van der Waals surface area contributed by atoms with E-state index in [4.69, 9.17) is 4.74 Å². The number of carbonyl (C=O) groups is 1. The van der Waals surface area contributed by atoms with Crippen molar-refractivity contribution in [1.29, 1.82) is 0 Å². The minimum atomic E-state index is -2.11. The van der Waals surface area contributed by atoms with Crippen LogP contribution in [0.5, 0.6) is 0 Å². The van der Waals surface area contributed by atoms with E-state index in [0.717, 1.165) is 6.42 Å². The van der Waals surface area contributed by atoms with Crippen molar-refractivity contribution in [2.45, 2.75) is 18.5 Å². The van der Waals surface area contributed by atoms with Crippen molar-refractivity contribution >= 4 is 24.4 Å². The summed E-state index contributed by atoms with van der Waals surface area (Å²) >= 11 is 0. The monoisotopic (exact) mass is 282 g/mol. The van der Waals surface area contributed by atoms with Crippen LogP contribution in [-0.4, -0.2) is 20.7 Å². The molecule has 0 saturated carbocycles. The van der Waals surface area contributed by atoms with Crippen molar-refractivity contribution in [1.82, 2.24) is 0 Å². The van der Waals surface area contributed by atoms with Crippen LogP contribution in [0.1, 0.15) is 6.42 Å². The smallest absolute Gasteiger partial charge is 0.306 e. The van der Waals surface area contributed by atoms with Gasteiger partial charge in [0.15, 0.2) is 0 Å². The van der Waals surface area contributed by atoms with Crippen molar-refractivity contribution in [2.75, 3.05) is 6.61 Å². The maximum atomic E-state index is 12.2. The Morgan fingerprint density at radius 2 is 1.45 bits per heavy atom. The molecule has 0 amide bonds. The van der Waals surface area contributed by atoms with Gasteiger partial charge in [0, 0.05) is 0 Å². The lowest BCUT2D eigenvalue weighted by molar-refractivity contribution is -0.138. The average Bonchev–Trinajstić information content (AvgIpc) is 2.95. The van der Waals surface area contributed by atoms with E-state index in [1.54, 1.807) is 0 Å². The highest BCUT2D eigenvalue weighted by Gasteiger charge is 2.47. The first-order valence-electron chi connectivity index (χ1n) is 7.00. The lowest BCUT2D eigenvalue weighted by Crippen LogP contribution is -2.60. The molecule has 0 radical (unpaired) electrons. The maximum absolute atomic E-state index is 12.2. The molecule has 2 aromatic carbocycles. The third kappa shape index (κ3) is 2.08. The largest absolute Gasteiger partial charge is 0.466 e. The van der Waals surface area contributed by atoms with Crippen molar-refractivity contribution in [3.63, 3.8) is 0 Å². The van der Waals surface area contributed by atoms with Crippen LogP contribution >= 0.6 is 0 Å². The predicted molar refractivity (Wildman–Crippen MR) is 83.1 cm³/mol. The molecule has 3 heteroatoms. The van der Waals surface area contributed by atoms with Crippen LogP contribution in [0.2, 0.25) is 12.1 Å². The quantitative estimate of drug-likeness (QED) is 0.637. The topological polar surface area (TPSA) is 26.3 Å². The SMILES string of the molecule is C[Si](c1ccccc1)(c1ccccc1)C1CCOC1=O. The number of hydrogen-bond donors (Lipinski definition) is 0. The highest BCUT2D eigenvalue weighted by atomic mass is 28.3.